The third kappa shape index (κ3) is 3.78. The largest absolute Gasteiger partial charge is 0.465 e. The summed E-state index contributed by atoms with van der Waals surface area (Å²) in [6.07, 6.45) is -5.20. The van der Waals surface area contributed by atoms with Gasteiger partial charge in [0.25, 0.3) is 0 Å². The lowest BCUT2D eigenvalue weighted by atomic mass is 10.1. The van der Waals surface area contributed by atoms with Gasteiger partial charge in [-0.3, -0.25) is 0 Å². The quantitative estimate of drug-likeness (QED) is 0.917. The summed E-state index contributed by atoms with van der Waals surface area (Å²) in [5.41, 5.74) is 6.96. The molecule has 1 heterocycles. The van der Waals surface area contributed by atoms with E-state index in [1.54, 1.807) is 24.3 Å². The van der Waals surface area contributed by atoms with Crippen molar-refractivity contribution in [1.82, 2.24) is 4.98 Å². The highest BCUT2D eigenvalue weighted by Crippen LogP contribution is 2.33. The van der Waals surface area contributed by atoms with Gasteiger partial charge >= 0.3 is 6.18 Å². The number of nitrogens with zero attached hydrogens (tertiary/aromatic N) is 1. The van der Waals surface area contributed by atoms with E-state index in [0.717, 1.165) is 6.92 Å². The zero-order chi connectivity index (χ0) is 15.6. The van der Waals surface area contributed by atoms with Gasteiger partial charge in [0.1, 0.15) is 0 Å². The van der Waals surface area contributed by atoms with Gasteiger partial charge in [0.15, 0.2) is 6.10 Å². The number of anilines is 1. The standard InChI is InChI=1S/C14H12ClF3N2O/c1-8(14(16,17)18)21-13-12(6-11(19)7-20-13)9-2-4-10(15)5-3-9/h2-8H,19H2,1H3. The minimum Gasteiger partial charge on any atom is -0.465 e. The van der Waals surface area contributed by atoms with E-state index < -0.39 is 12.3 Å². The molecule has 21 heavy (non-hydrogen) atoms. The van der Waals surface area contributed by atoms with Gasteiger partial charge in [0, 0.05) is 10.6 Å². The number of nitrogen functional groups attached to an aromatic ring is 1. The summed E-state index contributed by atoms with van der Waals surface area (Å²) >= 11 is 5.79. The molecule has 1 unspecified atom stereocenters. The van der Waals surface area contributed by atoms with Gasteiger partial charge in [-0.05, 0) is 30.7 Å². The molecule has 0 spiro atoms. The molecule has 7 heteroatoms. The summed E-state index contributed by atoms with van der Waals surface area (Å²) in [5, 5.41) is 0.516. The number of aromatic nitrogens is 1. The fraction of sp³-hybridized carbons (Fsp3) is 0.214. The van der Waals surface area contributed by atoms with Crippen molar-refractivity contribution in [3.05, 3.63) is 41.6 Å². The van der Waals surface area contributed by atoms with Crippen LogP contribution in [0.5, 0.6) is 5.88 Å². The Balaban J connectivity index is 2.40. The summed E-state index contributed by atoms with van der Waals surface area (Å²) in [6, 6.07) is 8.07. The fourth-order valence-corrected chi connectivity index (χ4v) is 1.76. The second-order valence-corrected chi connectivity index (χ2v) is 4.87. The number of benzene rings is 1. The SMILES string of the molecule is CC(Oc1ncc(N)cc1-c1ccc(Cl)cc1)C(F)(F)F. The summed E-state index contributed by atoms with van der Waals surface area (Å²) in [7, 11) is 0. The molecule has 112 valence electrons. The number of hydrogen-bond donors (Lipinski definition) is 1. The van der Waals surface area contributed by atoms with Gasteiger partial charge in [-0.25, -0.2) is 4.98 Å². The monoisotopic (exact) mass is 316 g/mol. The Morgan fingerprint density at radius 2 is 1.86 bits per heavy atom. The van der Waals surface area contributed by atoms with Crippen molar-refractivity contribution in [3.63, 3.8) is 0 Å². The molecule has 0 aliphatic rings. The van der Waals surface area contributed by atoms with Crippen LogP contribution >= 0.6 is 11.6 Å². The zero-order valence-electron chi connectivity index (χ0n) is 11.0. The normalized spacial score (nSPS) is 13.0. The molecule has 1 aromatic heterocycles. The lowest BCUT2D eigenvalue weighted by molar-refractivity contribution is -0.189. The van der Waals surface area contributed by atoms with Crippen LogP contribution in [-0.2, 0) is 0 Å². The number of hydrogen-bond acceptors (Lipinski definition) is 3. The van der Waals surface area contributed by atoms with Crippen molar-refractivity contribution in [2.45, 2.75) is 19.2 Å². The van der Waals surface area contributed by atoms with Crippen LogP contribution in [0.1, 0.15) is 6.92 Å². The van der Waals surface area contributed by atoms with Crippen LogP contribution in [0.25, 0.3) is 11.1 Å². The van der Waals surface area contributed by atoms with E-state index in [1.807, 2.05) is 0 Å². The van der Waals surface area contributed by atoms with E-state index in [0.29, 0.717) is 21.8 Å². The smallest absolute Gasteiger partial charge is 0.425 e. The zero-order valence-corrected chi connectivity index (χ0v) is 11.7. The molecule has 2 N–H and O–H groups in total. The number of rotatable bonds is 3. The first-order valence-corrected chi connectivity index (χ1v) is 6.40. The third-order valence-corrected chi connectivity index (χ3v) is 3.03. The van der Waals surface area contributed by atoms with Gasteiger partial charge in [-0.1, -0.05) is 23.7 Å². The van der Waals surface area contributed by atoms with Gasteiger partial charge in [-0.15, -0.1) is 0 Å². The van der Waals surface area contributed by atoms with E-state index in [9.17, 15) is 13.2 Å². The minimum absolute atomic E-state index is 0.128. The van der Waals surface area contributed by atoms with Crippen molar-refractivity contribution in [1.29, 1.82) is 0 Å². The Kier molecular flexibility index (Phi) is 4.27. The first-order valence-electron chi connectivity index (χ1n) is 6.02. The molecule has 0 saturated carbocycles. The fourth-order valence-electron chi connectivity index (χ4n) is 1.63. The maximum atomic E-state index is 12.6. The molecule has 3 nitrogen and oxygen atoms in total. The molecule has 0 amide bonds. The number of ether oxygens (including phenoxy) is 1. The van der Waals surface area contributed by atoms with Crippen LogP contribution in [0.2, 0.25) is 5.02 Å². The number of halogens is 4. The first kappa shape index (κ1) is 15.4. The summed E-state index contributed by atoms with van der Waals surface area (Å²) < 4.78 is 42.7. The number of nitrogens with two attached hydrogens (primary N) is 1. The first-order chi connectivity index (χ1) is 9.77. The molecule has 0 aliphatic carbocycles. The van der Waals surface area contributed by atoms with Crippen LogP contribution in [-0.4, -0.2) is 17.3 Å². The molecular weight excluding hydrogens is 305 g/mol. The molecule has 1 aromatic carbocycles. The Hall–Kier alpha value is -1.95. The van der Waals surface area contributed by atoms with E-state index in [2.05, 4.69) is 4.98 Å². The molecule has 2 rings (SSSR count). The van der Waals surface area contributed by atoms with Crippen molar-refractivity contribution < 1.29 is 17.9 Å². The van der Waals surface area contributed by atoms with Crippen LogP contribution in [0, 0.1) is 0 Å². The maximum absolute atomic E-state index is 12.6. The average Bonchev–Trinajstić information content (AvgIpc) is 2.40. The van der Waals surface area contributed by atoms with Crippen LogP contribution < -0.4 is 10.5 Å². The number of pyridine rings is 1. The van der Waals surface area contributed by atoms with Crippen LogP contribution in [0.3, 0.4) is 0 Å². The summed E-state index contributed by atoms with van der Waals surface area (Å²) in [6.45, 7) is 0.920. The second kappa shape index (κ2) is 5.81. The molecular formula is C14H12ClF3N2O. The van der Waals surface area contributed by atoms with E-state index in [1.165, 1.54) is 12.3 Å². The Morgan fingerprint density at radius 3 is 2.43 bits per heavy atom. The Bertz CT molecular complexity index is 629. The maximum Gasteiger partial charge on any atom is 0.425 e. The van der Waals surface area contributed by atoms with Crippen LogP contribution in [0.15, 0.2) is 36.5 Å². The topological polar surface area (TPSA) is 48.1 Å². The average molecular weight is 317 g/mol. The third-order valence-electron chi connectivity index (χ3n) is 2.78. The molecule has 0 fully saturated rings. The summed E-state index contributed by atoms with van der Waals surface area (Å²) in [4.78, 5) is 3.85. The lowest BCUT2D eigenvalue weighted by Gasteiger charge is -2.19. The van der Waals surface area contributed by atoms with Crippen LogP contribution in [0.4, 0.5) is 18.9 Å². The van der Waals surface area contributed by atoms with E-state index in [-0.39, 0.29) is 5.88 Å². The van der Waals surface area contributed by atoms with Gasteiger partial charge < -0.3 is 10.5 Å². The van der Waals surface area contributed by atoms with E-state index in [4.69, 9.17) is 22.1 Å². The molecule has 0 bridgehead atoms. The van der Waals surface area contributed by atoms with Crippen molar-refractivity contribution in [3.8, 4) is 17.0 Å². The van der Waals surface area contributed by atoms with Gasteiger partial charge in [-0.2, -0.15) is 13.2 Å². The van der Waals surface area contributed by atoms with Gasteiger partial charge in [0.2, 0.25) is 5.88 Å². The highest BCUT2D eigenvalue weighted by atomic mass is 35.5. The predicted octanol–water partition coefficient (Wildman–Crippen LogP) is 4.31. The summed E-state index contributed by atoms with van der Waals surface area (Å²) in [5.74, 6) is -0.128. The highest BCUT2D eigenvalue weighted by molar-refractivity contribution is 6.30. The van der Waals surface area contributed by atoms with Crippen molar-refractivity contribution in [2.75, 3.05) is 5.73 Å². The van der Waals surface area contributed by atoms with E-state index >= 15 is 0 Å². The molecule has 1 atom stereocenters. The Labute approximate surface area is 124 Å². The minimum atomic E-state index is -4.47. The van der Waals surface area contributed by atoms with Crippen molar-refractivity contribution in [2.24, 2.45) is 0 Å². The molecule has 2 aromatic rings. The second-order valence-electron chi connectivity index (χ2n) is 4.43. The molecule has 0 aliphatic heterocycles. The van der Waals surface area contributed by atoms with Gasteiger partial charge in [0.05, 0.1) is 11.9 Å². The lowest BCUT2D eigenvalue weighted by Crippen LogP contribution is -2.31. The molecule has 0 saturated heterocycles. The highest BCUT2D eigenvalue weighted by Gasteiger charge is 2.38. The number of alkyl halides is 3. The van der Waals surface area contributed by atoms with Crippen molar-refractivity contribution >= 4 is 17.3 Å². The Morgan fingerprint density at radius 1 is 1.24 bits per heavy atom. The molecule has 0 radical (unpaired) electrons. The predicted molar refractivity (Wildman–Crippen MR) is 75.2 cm³/mol.